The summed E-state index contributed by atoms with van der Waals surface area (Å²) in [5.74, 6) is 0.834. The number of para-hydroxylation sites is 1. The predicted octanol–water partition coefficient (Wildman–Crippen LogP) is 4.98. The van der Waals surface area contributed by atoms with Gasteiger partial charge in [0.1, 0.15) is 6.54 Å². The number of hydrogen-bond acceptors (Lipinski definition) is 4. The molecule has 0 radical (unpaired) electrons. The summed E-state index contributed by atoms with van der Waals surface area (Å²) in [4.78, 5) is 12.6. The molecule has 2 heterocycles. The van der Waals surface area contributed by atoms with Crippen LogP contribution < -0.4 is 5.32 Å². The van der Waals surface area contributed by atoms with Gasteiger partial charge in [-0.1, -0.05) is 66.2 Å². The normalized spacial score (nSPS) is 11.0. The summed E-state index contributed by atoms with van der Waals surface area (Å²) in [6.07, 6.45) is 1.90. The molecule has 6 nitrogen and oxygen atoms in total. The van der Waals surface area contributed by atoms with Gasteiger partial charge in [0.2, 0.25) is 17.7 Å². The van der Waals surface area contributed by atoms with Crippen molar-refractivity contribution in [3.8, 4) is 22.9 Å². The Labute approximate surface area is 185 Å². The molecule has 0 saturated carbocycles. The maximum absolute atomic E-state index is 12.6. The lowest BCUT2D eigenvalue weighted by Gasteiger charge is -2.08. The van der Waals surface area contributed by atoms with Crippen molar-refractivity contribution in [2.45, 2.75) is 20.0 Å². The van der Waals surface area contributed by atoms with Gasteiger partial charge < -0.3 is 14.3 Å². The summed E-state index contributed by atoms with van der Waals surface area (Å²) in [5.41, 5.74) is 4.88. The van der Waals surface area contributed by atoms with E-state index in [-0.39, 0.29) is 12.5 Å². The van der Waals surface area contributed by atoms with Crippen molar-refractivity contribution >= 4 is 16.8 Å². The van der Waals surface area contributed by atoms with E-state index in [9.17, 15) is 4.79 Å². The Hall–Kier alpha value is -4.19. The molecule has 0 fully saturated rings. The molecular weight excluding hydrogens is 400 g/mol. The topological polar surface area (TPSA) is 73.0 Å². The van der Waals surface area contributed by atoms with E-state index in [0.29, 0.717) is 18.3 Å². The summed E-state index contributed by atoms with van der Waals surface area (Å²) >= 11 is 0. The number of hydrogen-bond donors (Lipinski definition) is 1. The molecule has 5 aromatic rings. The number of rotatable bonds is 6. The molecule has 32 heavy (non-hydrogen) atoms. The number of amides is 1. The number of aromatic nitrogens is 3. The Bertz CT molecular complexity index is 1370. The Balaban J connectivity index is 1.39. The van der Waals surface area contributed by atoms with E-state index >= 15 is 0 Å². The fourth-order valence-corrected chi connectivity index (χ4v) is 3.69. The lowest BCUT2D eigenvalue weighted by atomic mass is 10.1. The van der Waals surface area contributed by atoms with Gasteiger partial charge in [-0.3, -0.25) is 4.79 Å². The van der Waals surface area contributed by atoms with Gasteiger partial charge >= 0.3 is 0 Å². The average Bonchev–Trinajstić information content (AvgIpc) is 3.45. The zero-order chi connectivity index (χ0) is 21.9. The van der Waals surface area contributed by atoms with Gasteiger partial charge in [-0.15, -0.1) is 10.2 Å². The van der Waals surface area contributed by atoms with Gasteiger partial charge in [0.25, 0.3) is 0 Å². The molecule has 0 aliphatic rings. The smallest absolute Gasteiger partial charge is 0.250 e. The molecule has 2 aromatic heterocycles. The number of carbonyl (C=O) groups excluding carboxylic acids is 1. The molecular formula is C26H22N4O2. The number of nitrogens with one attached hydrogen (secondary N) is 1. The van der Waals surface area contributed by atoms with Gasteiger partial charge in [-0.25, -0.2) is 0 Å². The highest BCUT2D eigenvalue weighted by Gasteiger charge is 2.17. The Morgan fingerprint density at radius 3 is 2.44 bits per heavy atom. The average molecular weight is 422 g/mol. The number of fused-ring (bicyclic) bond motifs is 1. The Morgan fingerprint density at radius 2 is 1.62 bits per heavy atom. The second-order valence-electron chi connectivity index (χ2n) is 7.73. The minimum Gasteiger partial charge on any atom is -0.416 e. The molecule has 0 aliphatic heterocycles. The fourth-order valence-electron chi connectivity index (χ4n) is 3.69. The monoisotopic (exact) mass is 422 g/mol. The van der Waals surface area contributed by atoms with Crippen molar-refractivity contribution in [3.05, 3.63) is 96.2 Å². The number of carbonyl (C=O) groups is 1. The van der Waals surface area contributed by atoms with Crippen LogP contribution in [0.1, 0.15) is 11.1 Å². The third kappa shape index (κ3) is 4.03. The lowest BCUT2D eigenvalue weighted by molar-refractivity contribution is -0.121. The van der Waals surface area contributed by atoms with Crippen LogP contribution in [0.2, 0.25) is 0 Å². The minimum atomic E-state index is -0.0617. The first-order valence-corrected chi connectivity index (χ1v) is 10.5. The van der Waals surface area contributed by atoms with E-state index in [4.69, 9.17) is 4.42 Å². The third-order valence-corrected chi connectivity index (χ3v) is 5.39. The third-order valence-electron chi connectivity index (χ3n) is 5.39. The van der Waals surface area contributed by atoms with Crippen LogP contribution in [0.15, 0.2) is 89.5 Å². The van der Waals surface area contributed by atoms with Crippen LogP contribution in [-0.4, -0.2) is 20.7 Å². The zero-order valence-corrected chi connectivity index (χ0v) is 17.7. The second-order valence-corrected chi connectivity index (χ2v) is 7.73. The highest BCUT2D eigenvalue weighted by Crippen LogP contribution is 2.31. The van der Waals surface area contributed by atoms with Gasteiger partial charge in [0.15, 0.2) is 0 Å². The van der Waals surface area contributed by atoms with E-state index in [1.807, 2.05) is 96.6 Å². The summed E-state index contributed by atoms with van der Waals surface area (Å²) in [6.45, 7) is 2.74. The first-order valence-electron chi connectivity index (χ1n) is 10.5. The van der Waals surface area contributed by atoms with E-state index in [2.05, 4.69) is 15.5 Å². The van der Waals surface area contributed by atoms with Gasteiger partial charge in [0.05, 0.1) is 5.56 Å². The molecule has 6 heteroatoms. The second kappa shape index (κ2) is 8.51. The van der Waals surface area contributed by atoms with Crippen molar-refractivity contribution in [1.82, 2.24) is 20.1 Å². The molecule has 0 saturated heterocycles. The van der Waals surface area contributed by atoms with Crippen LogP contribution in [0.4, 0.5) is 0 Å². The molecule has 1 amide bonds. The Kier molecular flexibility index (Phi) is 5.25. The summed E-state index contributed by atoms with van der Waals surface area (Å²) in [5, 5.41) is 12.4. The van der Waals surface area contributed by atoms with E-state index in [1.54, 1.807) is 0 Å². The van der Waals surface area contributed by atoms with Gasteiger partial charge in [-0.05, 0) is 30.7 Å². The van der Waals surface area contributed by atoms with Crippen molar-refractivity contribution in [1.29, 1.82) is 0 Å². The van der Waals surface area contributed by atoms with Crippen LogP contribution >= 0.6 is 0 Å². The summed E-state index contributed by atoms with van der Waals surface area (Å²) in [7, 11) is 0. The largest absolute Gasteiger partial charge is 0.416 e. The molecule has 0 aliphatic carbocycles. The molecule has 0 atom stereocenters. The number of aryl methyl sites for hydroxylation is 1. The SMILES string of the molecule is Cc1ccc(CNC(=O)Cn2cc(-c3nnc(-c4ccccc4)o3)c3ccccc32)cc1. The van der Waals surface area contributed by atoms with Crippen molar-refractivity contribution in [2.75, 3.05) is 0 Å². The van der Waals surface area contributed by atoms with Crippen LogP contribution in [0.5, 0.6) is 0 Å². The van der Waals surface area contributed by atoms with Crippen molar-refractivity contribution in [3.63, 3.8) is 0 Å². The molecule has 5 rings (SSSR count). The first kappa shape index (κ1) is 19.8. The minimum absolute atomic E-state index is 0.0617. The molecule has 1 N–H and O–H groups in total. The quantitative estimate of drug-likeness (QED) is 0.419. The lowest BCUT2D eigenvalue weighted by Crippen LogP contribution is -2.26. The van der Waals surface area contributed by atoms with Crippen molar-refractivity contribution < 1.29 is 9.21 Å². The van der Waals surface area contributed by atoms with Gasteiger partial charge in [-0.2, -0.15) is 0 Å². The molecule has 0 spiro atoms. The molecule has 0 unspecified atom stereocenters. The number of benzene rings is 3. The van der Waals surface area contributed by atoms with E-state index in [1.165, 1.54) is 5.56 Å². The fraction of sp³-hybridized carbons (Fsp3) is 0.115. The highest BCUT2D eigenvalue weighted by atomic mass is 16.4. The standard InChI is InChI=1S/C26H22N4O2/c1-18-11-13-19(14-12-18)15-27-24(31)17-30-16-22(21-9-5-6-10-23(21)30)26-29-28-25(32-26)20-7-3-2-4-8-20/h2-14,16H,15,17H2,1H3,(H,27,31). The van der Waals surface area contributed by atoms with Crippen LogP contribution in [0.3, 0.4) is 0 Å². The molecule has 0 bridgehead atoms. The first-order chi connectivity index (χ1) is 15.7. The summed E-state index contributed by atoms with van der Waals surface area (Å²) < 4.78 is 7.88. The highest BCUT2D eigenvalue weighted by molar-refractivity contribution is 5.95. The van der Waals surface area contributed by atoms with E-state index < -0.39 is 0 Å². The number of nitrogens with zero attached hydrogens (tertiary/aromatic N) is 3. The van der Waals surface area contributed by atoms with E-state index in [0.717, 1.165) is 27.6 Å². The van der Waals surface area contributed by atoms with Crippen molar-refractivity contribution in [2.24, 2.45) is 0 Å². The Morgan fingerprint density at radius 1 is 0.906 bits per heavy atom. The van der Waals surface area contributed by atoms with Crippen LogP contribution in [-0.2, 0) is 17.9 Å². The maximum atomic E-state index is 12.6. The predicted molar refractivity (Wildman–Crippen MR) is 124 cm³/mol. The van der Waals surface area contributed by atoms with Crippen LogP contribution in [0.25, 0.3) is 33.8 Å². The summed E-state index contributed by atoms with van der Waals surface area (Å²) in [6, 6.07) is 25.7. The molecule has 158 valence electrons. The molecule has 3 aromatic carbocycles. The zero-order valence-electron chi connectivity index (χ0n) is 17.7. The maximum Gasteiger partial charge on any atom is 0.250 e. The van der Waals surface area contributed by atoms with Gasteiger partial charge in [0, 0.05) is 29.2 Å². The van der Waals surface area contributed by atoms with Crippen LogP contribution in [0, 0.1) is 6.92 Å².